The van der Waals surface area contributed by atoms with E-state index < -0.39 is 0 Å². The lowest BCUT2D eigenvalue weighted by molar-refractivity contribution is 0.945. The summed E-state index contributed by atoms with van der Waals surface area (Å²) < 4.78 is 0. The Morgan fingerprint density at radius 2 is 2.28 bits per heavy atom. The molecule has 0 aliphatic rings. The molecule has 2 rings (SSSR count). The maximum atomic E-state index is 11.2. The SMILES string of the molecule is NNc1cc(CSc2nc(N)cc(=O)[nH]2)ccn1. The Kier molecular flexibility index (Phi) is 3.80. The third-order valence-corrected chi connectivity index (χ3v) is 3.03. The summed E-state index contributed by atoms with van der Waals surface area (Å²) in [6.45, 7) is 0. The molecule has 94 valence electrons. The van der Waals surface area contributed by atoms with Gasteiger partial charge in [0.2, 0.25) is 0 Å². The van der Waals surface area contributed by atoms with Gasteiger partial charge < -0.3 is 16.1 Å². The molecular formula is C10H12N6OS. The molecule has 6 N–H and O–H groups in total. The first kappa shape index (κ1) is 12.4. The number of aromatic amines is 1. The van der Waals surface area contributed by atoms with E-state index in [2.05, 4.69) is 20.4 Å². The van der Waals surface area contributed by atoms with Crippen molar-refractivity contribution in [3.63, 3.8) is 0 Å². The number of nitrogens with two attached hydrogens (primary N) is 2. The van der Waals surface area contributed by atoms with Gasteiger partial charge >= 0.3 is 0 Å². The molecule has 0 aliphatic carbocycles. The van der Waals surface area contributed by atoms with E-state index in [0.717, 1.165) is 5.56 Å². The average molecular weight is 264 g/mol. The van der Waals surface area contributed by atoms with Gasteiger partial charge in [-0.05, 0) is 17.7 Å². The van der Waals surface area contributed by atoms with Gasteiger partial charge in [-0.2, -0.15) is 0 Å². The highest BCUT2D eigenvalue weighted by Gasteiger charge is 2.02. The fourth-order valence-corrected chi connectivity index (χ4v) is 2.14. The number of hydrogen-bond acceptors (Lipinski definition) is 7. The number of rotatable bonds is 4. The van der Waals surface area contributed by atoms with Crippen LogP contribution in [0.5, 0.6) is 0 Å². The number of H-pyrrole nitrogens is 1. The van der Waals surface area contributed by atoms with Crippen molar-refractivity contribution >= 4 is 23.4 Å². The first-order valence-corrected chi connectivity index (χ1v) is 6.07. The zero-order valence-corrected chi connectivity index (χ0v) is 10.2. The molecule has 0 aromatic carbocycles. The zero-order chi connectivity index (χ0) is 13.0. The molecule has 0 bridgehead atoms. The fourth-order valence-electron chi connectivity index (χ4n) is 1.32. The van der Waals surface area contributed by atoms with Gasteiger partial charge in [-0.1, -0.05) is 11.8 Å². The number of nitrogen functional groups attached to an aromatic ring is 2. The lowest BCUT2D eigenvalue weighted by atomic mass is 10.3. The third-order valence-electron chi connectivity index (χ3n) is 2.09. The molecule has 0 atom stereocenters. The maximum Gasteiger partial charge on any atom is 0.253 e. The maximum absolute atomic E-state index is 11.2. The van der Waals surface area contributed by atoms with Gasteiger partial charge in [0.1, 0.15) is 11.6 Å². The molecule has 7 nitrogen and oxygen atoms in total. The van der Waals surface area contributed by atoms with Crippen LogP contribution in [0.1, 0.15) is 5.56 Å². The molecule has 0 saturated heterocycles. The van der Waals surface area contributed by atoms with Gasteiger partial charge in [0.05, 0.1) is 0 Å². The second kappa shape index (κ2) is 5.52. The van der Waals surface area contributed by atoms with Crippen LogP contribution < -0.4 is 22.6 Å². The van der Waals surface area contributed by atoms with Gasteiger partial charge in [-0.3, -0.25) is 4.79 Å². The van der Waals surface area contributed by atoms with E-state index in [9.17, 15) is 4.79 Å². The van der Waals surface area contributed by atoms with Crippen molar-refractivity contribution in [1.82, 2.24) is 15.0 Å². The van der Waals surface area contributed by atoms with Crippen molar-refractivity contribution in [3.05, 3.63) is 40.3 Å². The lowest BCUT2D eigenvalue weighted by Gasteiger charge is -2.04. The second-order valence-corrected chi connectivity index (χ2v) is 4.42. The van der Waals surface area contributed by atoms with Crippen LogP contribution >= 0.6 is 11.8 Å². The smallest absolute Gasteiger partial charge is 0.253 e. The summed E-state index contributed by atoms with van der Waals surface area (Å²) in [5, 5.41) is 0.485. The predicted molar refractivity (Wildman–Crippen MR) is 70.9 cm³/mol. The number of hydrazine groups is 1. The minimum absolute atomic E-state index is 0.209. The first-order valence-electron chi connectivity index (χ1n) is 5.08. The van der Waals surface area contributed by atoms with Gasteiger partial charge in [0, 0.05) is 18.0 Å². The molecular weight excluding hydrogens is 252 g/mol. The van der Waals surface area contributed by atoms with Gasteiger partial charge in [0.25, 0.3) is 5.56 Å². The monoisotopic (exact) mass is 264 g/mol. The van der Waals surface area contributed by atoms with Crippen LogP contribution in [0.15, 0.2) is 34.3 Å². The fraction of sp³-hybridized carbons (Fsp3) is 0.100. The minimum Gasteiger partial charge on any atom is -0.383 e. The summed E-state index contributed by atoms with van der Waals surface area (Å²) in [7, 11) is 0. The Balaban J connectivity index is 2.08. The normalized spacial score (nSPS) is 10.3. The number of hydrogen-bond donors (Lipinski definition) is 4. The Hall–Kier alpha value is -2.06. The van der Waals surface area contributed by atoms with Crippen LogP contribution in [0.3, 0.4) is 0 Å². The summed E-state index contributed by atoms with van der Waals surface area (Å²) in [6.07, 6.45) is 1.65. The topological polar surface area (TPSA) is 123 Å². The van der Waals surface area contributed by atoms with E-state index in [1.807, 2.05) is 12.1 Å². The minimum atomic E-state index is -0.260. The number of aromatic nitrogens is 3. The lowest BCUT2D eigenvalue weighted by Crippen LogP contribution is -2.09. The zero-order valence-electron chi connectivity index (χ0n) is 9.38. The highest BCUT2D eigenvalue weighted by molar-refractivity contribution is 7.98. The van der Waals surface area contributed by atoms with E-state index in [4.69, 9.17) is 11.6 Å². The van der Waals surface area contributed by atoms with Crippen molar-refractivity contribution < 1.29 is 0 Å². The van der Waals surface area contributed by atoms with Crippen molar-refractivity contribution in [2.75, 3.05) is 11.2 Å². The first-order chi connectivity index (χ1) is 8.67. The molecule has 2 aromatic heterocycles. The average Bonchev–Trinajstić information content (AvgIpc) is 2.35. The summed E-state index contributed by atoms with van der Waals surface area (Å²) in [5.41, 5.74) is 8.71. The highest BCUT2D eigenvalue weighted by Crippen LogP contribution is 2.19. The van der Waals surface area contributed by atoms with Crippen molar-refractivity contribution in [2.24, 2.45) is 5.84 Å². The largest absolute Gasteiger partial charge is 0.383 e. The standard InChI is InChI=1S/C10H12N6OS/c11-7-4-9(17)15-10(14-7)18-5-6-1-2-13-8(3-6)16-12/h1-4H,5,12H2,(H,13,16)(H3,11,14,15,17). The van der Waals surface area contributed by atoms with Gasteiger partial charge in [-0.15, -0.1) is 0 Å². The number of nitrogens with one attached hydrogen (secondary N) is 2. The molecule has 0 radical (unpaired) electrons. The van der Waals surface area contributed by atoms with Crippen LogP contribution in [-0.2, 0) is 5.75 Å². The molecule has 2 heterocycles. The molecule has 0 amide bonds. The van der Waals surface area contributed by atoms with Crippen molar-refractivity contribution in [3.8, 4) is 0 Å². The van der Waals surface area contributed by atoms with Crippen LogP contribution in [-0.4, -0.2) is 15.0 Å². The van der Waals surface area contributed by atoms with Crippen molar-refractivity contribution in [2.45, 2.75) is 10.9 Å². The highest BCUT2D eigenvalue weighted by atomic mass is 32.2. The second-order valence-electron chi connectivity index (χ2n) is 3.46. The number of thioether (sulfide) groups is 1. The Bertz CT molecular complexity index is 599. The molecule has 8 heteroatoms. The Labute approximate surface area is 107 Å². The molecule has 18 heavy (non-hydrogen) atoms. The summed E-state index contributed by atoms with van der Waals surface area (Å²) >= 11 is 1.38. The molecule has 0 spiro atoms. The number of pyridine rings is 1. The quantitative estimate of drug-likeness (QED) is 0.271. The van der Waals surface area contributed by atoms with Crippen LogP contribution in [0.25, 0.3) is 0 Å². The van der Waals surface area contributed by atoms with Crippen LogP contribution in [0.2, 0.25) is 0 Å². The number of nitrogens with zero attached hydrogens (tertiary/aromatic N) is 2. The summed E-state index contributed by atoms with van der Waals surface area (Å²) in [4.78, 5) is 21.8. The molecule has 0 aliphatic heterocycles. The molecule has 0 unspecified atom stereocenters. The van der Waals surface area contributed by atoms with E-state index >= 15 is 0 Å². The number of anilines is 2. The molecule has 2 aromatic rings. The van der Waals surface area contributed by atoms with Gasteiger partial charge in [0.15, 0.2) is 5.16 Å². The van der Waals surface area contributed by atoms with Crippen LogP contribution in [0.4, 0.5) is 11.6 Å². The van der Waals surface area contributed by atoms with E-state index in [1.54, 1.807) is 6.20 Å². The van der Waals surface area contributed by atoms with E-state index in [1.165, 1.54) is 17.8 Å². The van der Waals surface area contributed by atoms with E-state index in [-0.39, 0.29) is 11.4 Å². The molecule has 0 saturated carbocycles. The van der Waals surface area contributed by atoms with Crippen LogP contribution in [0, 0.1) is 0 Å². The Morgan fingerprint density at radius 1 is 1.44 bits per heavy atom. The summed E-state index contributed by atoms with van der Waals surface area (Å²) in [5.74, 6) is 6.69. The predicted octanol–water partition coefficient (Wildman–Crippen LogP) is 0.325. The van der Waals surface area contributed by atoms with E-state index in [0.29, 0.717) is 16.7 Å². The third kappa shape index (κ3) is 3.22. The van der Waals surface area contributed by atoms with Gasteiger partial charge in [-0.25, -0.2) is 15.8 Å². The molecule has 0 fully saturated rings. The van der Waals surface area contributed by atoms with Crippen molar-refractivity contribution in [1.29, 1.82) is 0 Å². The Morgan fingerprint density at radius 3 is 3.00 bits per heavy atom. The summed E-state index contributed by atoms with van der Waals surface area (Å²) in [6, 6.07) is 4.92.